The van der Waals surface area contributed by atoms with Crippen LogP contribution in [0.1, 0.15) is 52.9 Å². The van der Waals surface area contributed by atoms with Gasteiger partial charge in [-0.1, -0.05) is 19.8 Å². The topological polar surface area (TPSA) is 30.9 Å². The van der Waals surface area contributed by atoms with Crippen LogP contribution in [-0.4, -0.2) is 63.2 Å². The molecule has 0 radical (unpaired) electrons. The lowest BCUT2D eigenvalue weighted by atomic mass is 10.0. The van der Waals surface area contributed by atoms with Crippen LogP contribution in [-0.2, 0) is 14.2 Å². The second-order valence-corrected chi connectivity index (χ2v) is 6.17. The van der Waals surface area contributed by atoms with Gasteiger partial charge in [0, 0.05) is 26.3 Å². The summed E-state index contributed by atoms with van der Waals surface area (Å²) in [5, 5.41) is 0. The summed E-state index contributed by atoms with van der Waals surface area (Å²) in [6.07, 6.45) is 6.53. The van der Waals surface area contributed by atoms with Gasteiger partial charge in [0.05, 0.1) is 25.4 Å². The number of hydrogen-bond donors (Lipinski definition) is 0. The second kappa shape index (κ2) is 11.4. The molecule has 0 aromatic heterocycles. The van der Waals surface area contributed by atoms with Gasteiger partial charge in [-0.2, -0.15) is 0 Å². The Morgan fingerprint density at radius 2 is 1.95 bits per heavy atom. The Morgan fingerprint density at radius 1 is 1.14 bits per heavy atom. The summed E-state index contributed by atoms with van der Waals surface area (Å²) in [4.78, 5) is 2.56. The van der Waals surface area contributed by atoms with Gasteiger partial charge in [0.2, 0.25) is 0 Å². The summed E-state index contributed by atoms with van der Waals surface area (Å²) in [7, 11) is 1.71. The van der Waals surface area contributed by atoms with Crippen LogP contribution in [0.25, 0.3) is 0 Å². The molecule has 0 unspecified atom stereocenters. The number of unbranched alkanes of at least 4 members (excludes halogenated alkanes) is 1. The smallest absolute Gasteiger partial charge is 0.0961 e. The number of nitrogens with zero attached hydrogens (tertiary/aromatic N) is 1. The third-order valence-corrected chi connectivity index (χ3v) is 4.38. The first-order chi connectivity index (χ1) is 10.2. The van der Waals surface area contributed by atoms with Crippen molar-refractivity contribution in [1.29, 1.82) is 0 Å². The molecule has 0 aromatic carbocycles. The highest BCUT2D eigenvalue weighted by Gasteiger charge is 2.26. The SMILES string of the molecule is CCCCO[C@@H](C)[C@@H](CN1CCCC[C@H]1C)OCCOC. The standard InChI is InChI=1S/C17H35NO3/c1-5-6-11-20-16(3)17(21-13-12-19-4)14-18-10-8-7-9-15(18)2/h15-17H,5-14H2,1-4H3/t15-,16+,17-/m1/s1. The molecule has 0 aromatic rings. The number of rotatable bonds is 11. The highest BCUT2D eigenvalue weighted by Crippen LogP contribution is 2.18. The van der Waals surface area contributed by atoms with Gasteiger partial charge in [-0.05, 0) is 39.7 Å². The van der Waals surface area contributed by atoms with Crippen LogP contribution >= 0.6 is 0 Å². The molecule has 4 heteroatoms. The van der Waals surface area contributed by atoms with Crippen molar-refractivity contribution in [2.24, 2.45) is 0 Å². The first kappa shape index (κ1) is 18.9. The maximum Gasteiger partial charge on any atom is 0.0961 e. The molecule has 1 aliphatic heterocycles. The van der Waals surface area contributed by atoms with E-state index in [-0.39, 0.29) is 12.2 Å². The van der Waals surface area contributed by atoms with E-state index in [1.54, 1.807) is 7.11 Å². The molecule has 0 N–H and O–H groups in total. The minimum Gasteiger partial charge on any atom is -0.382 e. The number of piperidine rings is 1. The molecule has 1 saturated heterocycles. The van der Waals surface area contributed by atoms with Gasteiger partial charge in [0.15, 0.2) is 0 Å². The van der Waals surface area contributed by atoms with Crippen molar-refractivity contribution in [1.82, 2.24) is 4.90 Å². The van der Waals surface area contributed by atoms with Crippen LogP contribution in [0, 0.1) is 0 Å². The van der Waals surface area contributed by atoms with Crippen molar-refractivity contribution in [2.45, 2.75) is 71.1 Å². The van der Waals surface area contributed by atoms with E-state index in [2.05, 4.69) is 25.7 Å². The first-order valence-electron chi connectivity index (χ1n) is 8.65. The van der Waals surface area contributed by atoms with Crippen LogP contribution in [0.15, 0.2) is 0 Å². The van der Waals surface area contributed by atoms with Crippen molar-refractivity contribution in [3.8, 4) is 0 Å². The Labute approximate surface area is 131 Å². The minimum atomic E-state index is 0.137. The molecule has 3 atom stereocenters. The van der Waals surface area contributed by atoms with Crippen LogP contribution in [0.3, 0.4) is 0 Å². The molecule has 1 fully saturated rings. The Morgan fingerprint density at radius 3 is 2.62 bits per heavy atom. The normalized spacial score (nSPS) is 23.1. The van der Waals surface area contributed by atoms with Gasteiger partial charge in [0.25, 0.3) is 0 Å². The summed E-state index contributed by atoms with van der Waals surface area (Å²) in [6, 6.07) is 0.662. The fourth-order valence-corrected chi connectivity index (χ4v) is 2.80. The monoisotopic (exact) mass is 301 g/mol. The van der Waals surface area contributed by atoms with Crippen molar-refractivity contribution in [2.75, 3.05) is 40.0 Å². The van der Waals surface area contributed by atoms with Crippen LogP contribution in [0.4, 0.5) is 0 Å². The maximum atomic E-state index is 6.03. The molecular formula is C17H35NO3. The van der Waals surface area contributed by atoms with Crippen LogP contribution < -0.4 is 0 Å². The van der Waals surface area contributed by atoms with Gasteiger partial charge >= 0.3 is 0 Å². The maximum absolute atomic E-state index is 6.03. The molecule has 0 bridgehead atoms. The Balaban J connectivity index is 2.45. The predicted octanol–water partition coefficient (Wildman–Crippen LogP) is 3.10. The Bertz CT molecular complexity index is 250. The molecule has 1 aliphatic rings. The third-order valence-electron chi connectivity index (χ3n) is 4.38. The van der Waals surface area contributed by atoms with E-state index in [0.29, 0.717) is 19.3 Å². The molecule has 126 valence electrons. The Kier molecular flexibility index (Phi) is 10.3. The molecule has 0 saturated carbocycles. The molecule has 0 amide bonds. The lowest BCUT2D eigenvalue weighted by molar-refractivity contribution is -0.0906. The highest BCUT2D eigenvalue weighted by molar-refractivity contribution is 4.79. The average Bonchev–Trinajstić information content (AvgIpc) is 2.48. The third kappa shape index (κ3) is 7.59. The molecule has 0 aliphatic carbocycles. The zero-order valence-corrected chi connectivity index (χ0v) is 14.5. The number of ether oxygens (including phenoxy) is 3. The largest absolute Gasteiger partial charge is 0.382 e. The molecule has 1 rings (SSSR count). The first-order valence-corrected chi connectivity index (χ1v) is 8.65. The van der Waals surface area contributed by atoms with Crippen molar-refractivity contribution in [3.63, 3.8) is 0 Å². The van der Waals surface area contributed by atoms with E-state index in [0.717, 1.165) is 19.6 Å². The van der Waals surface area contributed by atoms with Crippen LogP contribution in [0.5, 0.6) is 0 Å². The summed E-state index contributed by atoms with van der Waals surface area (Å²) >= 11 is 0. The lowest BCUT2D eigenvalue weighted by Crippen LogP contribution is -2.46. The van der Waals surface area contributed by atoms with E-state index in [1.807, 2.05) is 0 Å². The van der Waals surface area contributed by atoms with E-state index in [1.165, 1.54) is 32.2 Å². The predicted molar refractivity (Wildman–Crippen MR) is 86.8 cm³/mol. The zero-order valence-electron chi connectivity index (χ0n) is 14.5. The van der Waals surface area contributed by atoms with Crippen molar-refractivity contribution in [3.05, 3.63) is 0 Å². The van der Waals surface area contributed by atoms with Gasteiger partial charge in [-0.25, -0.2) is 0 Å². The number of methoxy groups -OCH3 is 1. The molecule has 1 heterocycles. The van der Waals surface area contributed by atoms with Gasteiger partial charge in [0.1, 0.15) is 0 Å². The minimum absolute atomic E-state index is 0.137. The summed E-state index contributed by atoms with van der Waals surface area (Å²) in [6.45, 7) is 10.9. The average molecular weight is 301 g/mol. The molecule has 0 spiro atoms. The molecule has 4 nitrogen and oxygen atoms in total. The fourth-order valence-electron chi connectivity index (χ4n) is 2.80. The molecular weight excluding hydrogens is 266 g/mol. The van der Waals surface area contributed by atoms with Crippen molar-refractivity contribution < 1.29 is 14.2 Å². The van der Waals surface area contributed by atoms with Gasteiger partial charge in [-0.15, -0.1) is 0 Å². The number of likely N-dealkylation sites (tertiary alicyclic amines) is 1. The highest BCUT2D eigenvalue weighted by atomic mass is 16.6. The Hall–Kier alpha value is -0.160. The van der Waals surface area contributed by atoms with Gasteiger partial charge < -0.3 is 14.2 Å². The van der Waals surface area contributed by atoms with Crippen LogP contribution in [0.2, 0.25) is 0 Å². The van der Waals surface area contributed by atoms with Gasteiger partial charge in [-0.3, -0.25) is 4.90 Å². The summed E-state index contributed by atoms with van der Waals surface area (Å²) < 4.78 is 17.1. The fraction of sp³-hybridized carbons (Fsp3) is 1.00. The molecule has 21 heavy (non-hydrogen) atoms. The van der Waals surface area contributed by atoms with E-state index in [4.69, 9.17) is 14.2 Å². The van der Waals surface area contributed by atoms with E-state index in [9.17, 15) is 0 Å². The second-order valence-electron chi connectivity index (χ2n) is 6.17. The zero-order chi connectivity index (χ0) is 15.5. The number of hydrogen-bond acceptors (Lipinski definition) is 4. The van der Waals surface area contributed by atoms with E-state index < -0.39 is 0 Å². The van der Waals surface area contributed by atoms with Crippen molar-refractivity contribution >= 4 is 0 Å². The summed E-state index contributed by atoms with van der Waals surface area (Å²) in [5.41, 5.74) is 0. The van der Waals surface area contributed by atoms with E-state index >= 15 is 0 Å². The quantitative estimate of drug-likeness (QED) is 0.549. The lowest BCUT2D eigenvalue weighted by Gasteiger charge is -2.37. The summed E-state index contributed by atoms with van der Waals surface area (Å²) in [5.74, 6) is 0.